The molecule has 0 atom stereocenters. The van der Waals surface area contributed by atoms with Gasteiger partial charge in [-0.25, -0.2) is 15.0 Å². The van der Waals surface area contributed by atoms with Crippen LogP contribution in [-0.4, -0.2) is 56.0 Å². The number of nitrogens with zero attached hydrogens (tertiary/aromatic N) is 5. The third-order valence-corrected chi connectivity index (χ3v) is 6.32. The molecule has 0 spiro atoms. The summed E-state index contributed by atoms with van der Waals surface area (Å²) in [4.78, 5) is 24.5. The van der Waals surface area contributed by atoms with Crippen LogP contribution in [0.3, 0.4) is 0 Å². The first kappa shape index (κ1) is 19.5. The molecule has 1 saturated heterocycles. The Hall–Kier alpha value is -3.16. The van der Waals surface area contributed by atoms with Gasteiger partial charge in [0.15, 0.2) is 0 Å². The number of hydrogen-bond acceptors (Lipinski definition) is 6. The van der Waals surface area contributed by atoms with Crippen LogP contribution in [0, 0.1) is 0 Å². The minimum atomic E-state index is 0.575. The Morgan fingerprint density at radius 2 is 1.78 bits per heavy atom. The Labute approximate surface area is 187 Å². The van der Waals surface area contributed by atoms with E-state index in [-0.39, 0.29) is 0 Å². The number of aromatic amines is 1. The standard InChI is InChI=1S/C25H27N7/c1-2-18(1)25-28-14-20(15-29-25)19-3-4-22-23(12-19)31-24(30-22)13-21-11-17(5-6-27-21)16-32-9-7-26-8-10-32/h3-6,11-12,14-15,18,26H,1-2,7-10,13,16H2,(H,30,31). The van der Waals surface area contributed by atoms with Crippen LogP contribution in [0.25, 0.3) is 22.2 Å². The van der Waals surface area contributed by atoms with Gasteiger partial charge in [0.2, 0.25) is 0 Å². The number of imidazole rings is 1. The van der Waals surface area contributed by atoms with E-state index in [1.165, 1.54) is 18.4 Å². The van der Waals surface area contributed by atoms with Crippen LogP contribution in [0.1, 0.15) is 41.7 Å². The Morgan fingerprint density at radius 1 is 0.938 bits per heavy atom. The number of rotatable bonds is 6. The first-order valence-corrected chi connectivity index (χ1v) is 11.5. The molecule has 4 heterocycles. The summed E-state index contributed by atoms with van der Waals surface area (Å²) in [7, 11) is 0. The fourth-order valence-electron chi connectivity index (χ4n) is 4.39. The average Bonchev–Trinajstić information content (AvgIpc) is 3.60. The largest absolute Gasteiger partial charge is 0.342 e. The highest BCUT2D eigenvalue weighted by Gasteiger charge is 2.26. The molecule has 7 heteroatoms. The van der Waals surface area contributed by atoms with Crippen LogP contribution in [0.15, 0.2) is 48.9 Å². The molecule has 1 aliphatic carbocycles. The van der Waals surface area contributed by atoms with Crippen molar-refractivity contribution >= 4 is 11.0 Å². The van der Waals surface area contributed by atoms with E-state index >= 15 is 0 Å². The van der Waals surface area contributed by atoms with Crippen LogP contribution in [-0.2, 0) is 13.0 Å². The predicted octanol–water partition coefficient (Wildman–Crippen LogP) is 3.29. The highest BCUT2D eigenvalue weighted by molar-refractivity contribution is 5.81. The summed E-state index contributed by atoms with van der Waals surface area (Å²) in [6.07, 6.45) is 8.92. The lowest BCUT2D eigenvalue weighted by Crippen LogP contribution is -2.42. The molecule has 162 valence electrons. The van der Waals surface area contributed by atoms with Crippen molar-refractivity contribution in [3.05, 3.63) is 71.8 Å². The molecule has 2 aliphatic rings. The van der Waals surface area contributed by atoms with Crippen molar-refractivity contribution in [1.82, 2.24) is 35.1 Å². The van der Waals surface area contributed by atoms with Crippen molar-refractivity contribution in [2.24, 2.45) is 0 Å². The first-order chi connectivity index (χ1) is 15.8. The van der Waals surface area contributed by atoms with Gasteiger partial charge in [-0.1, -0.05) is 6.07 Å². The SMILES string of the molecule is c1cc(CN2CCNCC2)cc(Cc2nc3ccc(-c4cnc(C5CC5)nc4)cc3[nH]2)n1. The van der Waals surface area contributed by atoms with Crippen LogP contribution in [0.4, 0.5) is 0 Å². The number of aromatic nitrogens is 5. The molecule has 0 unspecified atom stereocenters. The number of hydrogen-bond donors (Lipinski definition) is 2. The molecule has 7 nitrogen and oxygen atoms in total. The van der Waals surface area contributed by atoms with Crippen molar-refractivity contribution in [3.63, 3.8) is 0 Å². The van der Waals surface area contributed by atoms with Gasteiger partial charge in [0.25, 0.3) is 0 Å². The average molecular weight is 426 g/mol. The molecule has 0 bridgehead atoms. The topological polar surface area (TPSA) is 82.6 Å². The zero-order valence-corrected chi connectivity index (χ0v) is 18.1. The molecule has 2 N–H and O–H groups in total. The van der Waals surface area contributed by atoms with Gasteiger partial charge in [0, 0.05) is 74.9 Å². The van der Waals surface area contributed by atoms with Gasteiger partial charge in [-0.15, -0.1) is 0 Å². The molecule has 4 aromatic rings. The molecule has 1 saturated carbocycles. The fourth-order valence-corrected chi connectivity index (χ4v) is 4.39. The zero-order valence-electron chi connectivity index (χ0n) is 18.1. The van der Waals surface area contributed by atoms with Crippen molar-refractivity contribution in [2.45, 2.75) is 31.7 Å². The fraction of sp³-hybridized carbons (Fsp3) is 0.360. The van der Waals surface area contributed by atoms with Gasteiger partial charge in [-0.3, -0.25) is 9.88 Å². The second-order valence-electron chi connectivity index (χ2n) is 8.88. The van der Waals surface area contributed by atoms with Crippen molar-refractivity contribution in [3.8, 4) is 11.1 Å². The van der Waals surface area contributed by atoms with Crippen LogP contribution in [0.2, 0.25) is 0 Å². The van der Waals surface area contributed by atoms with Gasteiger partial charge in [0.05, 0.1) is 11.0 Å². The summed E-state index contributed by atoms with van der Waals surface area (Å²) in [5.74, 6) is 2.49. The third-order valence-electron chi connectivity index (χ3n) is 6.32. The number of H-pyrrole nitrogens is 1. The summed E-state index contributed by atoms with van der Waals surface area (Å²) in [5, 5.41) is 3.41. The monoisotopic (exact) mass is 425 g/mol. The second-order valence-corrected chi connectivity index (χ2v) is 8.88. The van der Waals surface area contributed by atoms with Crippen LogP contribution >= 0.6 is 0 Å². The molecule has 3 aromatic heterocycles. The summed E-state index contributed by atoms with van der Waals surface area (Å²) >= 11 is 0. The Balaban J connectivity index is 1.19. The number of pyridine rings is 1. The minimum absolute atomic E-state index is 0.575. The second kappa shape index (κ2) is 8.41. The summed E-state index contributed by atoms with van der Waals surface area (Å²) in [5.41, 5.74) is 6.49. The van der Waals surface area contributed by atoms with Crippen molar-refractivity contribution < 1.29 is 0 Å². The summed E-state index contributed by atoms with van der Waals surface area (Å²) in [6.45, 7) is 5.30. The van der Waals surface area contributed by atoms with E-state index < -0.39 is 0 Å². The molecule has 0 radical (unpaired) electrons. The van der Waals surface area contributed by atoms with E-state index in [0.717, 1.165) is 72.2 Å². The number of benzene rings is 1. The maximum atomic E-state index is 4.79. The van der Waals surface area contributed by atoms with E-state index in [0.29, 0.717) is 12.3 Å². The van der Waals surface area contributed by atoms with E-state index in [1.54, 1.807) is 0 Å². The summed E-state index contributed by atoms with van der Waals surface area (Å²) < 4.78 is 0. The predicted molar refractivity (Wildman–Crippen MR) is 124 cm³/mol. The zero-order chi connectivity index (χ0) is 21.3. The smallest absolute Gasteiger partial charge is 0.131 e. The quantitative estimate of drug-likeness (QED) is 0.493. The van der Waals surface area contributed by atoms with E-state index in [1.807, 2.05) is 18.6 Å². The van der Waals surface area contributed by atoms with E-state index in [9.17, 15) is 0 Å². The highest BCUT2D eigenvalue weighted by Crippen LogP contribution is 2.38. The number of nitrogens with one attached hydrogen (secondary N) is 2. The molecule has 32 heavy (non-hydrogen) atoms. The van der Waals surface area contributed by atoms with E-state index in [4.69, 9.17) is 4.98 Å². The van der Waals surface area contributed by atoms with Gasteiger partial charge in [-0.05, 0) is 48.2 Å². The molecular formula is C25H27N7. The lowest BCUT2D eigenvalue weighted by Gasteiger charge is -2.27. The normalized spacial score (nSPS) is 17.1. The Morgan fingerprint density at radius 3 is 2.59 bits per heavy atom. The first-order valence-electron chi connectivity index (χ1n) is 11.5. The lowest BCUT2D eigenvalue weighted by molar-refractivity contribution is 0.233. The number of fused-ring (bicyclic) bond motifs is 1. The van der Waals surface area contributed by atoms with Gasteiger partial charge in [0.1, 0.15) is 11.6 Å². The van der Waals surface area contributed by atoms with Crippen LogP contribution in [0.5, 0.6) is 0 Å². The van der Waals surface area contributed by atoms with Gasteiger partial charge < -0.3 is 10.3 Å². The summed E-state index contributed by atoms with van der Waals surface area (Å²) in [6, 6.07) is 10.6. The Kier molecular flexibility index (Phi) is 5.13. The van der Waals surface area contributed by atoms with Gasteiger partial charge >= 0.3 is 0 Å². The lowest BCUT2D eigenvalue weighted by atomic mass is 10.1. The molecule has 0 amide bonds. The van der Waals surface area contributed by atoms with Gasteiger partial charge in [-0.2, -0.15) is 0 Å². The Bertz CT molecular complexity index is 1220. The molecule has 2 fully saturated rings. The molecule has 1 aliphatic heterocycles. The highest BCUT2D eigenvalue weighted by atomic mass is 15.2. The maximum absolute atomic E-state index is 4.79. The molecule has 1 aromatic carbocycles. The number of piperazine rings is 1. The maximum Gasteiger partial charge on any atom is 0.131 e. The van der Waals surface area contributed by atoms with Crippen molar-refractivity contribution in [2.75, 3.05) is 26.2 Å². The minimum Gasteiger partial charge on any atom is -0.342 e. The van der Waals surface area contributed by atoms with Crippen molar-refractivity contribution in [1.29, 1.82) is 0 Å². The van der Waals surface area contributed by atoms with E-state index in [2.05, 4.69) is 60.5 Å². The molecule has 6 rings (SSSR count). The third kappa shape index (κ3) is 4.26. The van der Waals surface area contributed by atoms with Crippen LogP contribution < -0.4 is 5.32 Å². The molecular weight excluding hydrogens is 398 g/mol.